The molecule has 0 saturated heterocycles. The molecule has 1 aromatic heterocycles. The lowest BCUT2D eigenvalue weighted by atomic mass is 10.2. The average Bonchev–Trinajstić information content (AvgIpc) is 2.76. The fourth-order valence-corrected chi connectivity index (χ4v) is 2.96. The number of aryl methyl sites for hydroxylation is 1. The topological polar surface area (TPSA) is 30.7 Å². The number of aromatic nitrogens is 3. The second-order valence-electron chi connectivity index (χ2n) is 3.41. The minimum absolute atomic E-state index is 0.585. The van der Waals surface area contributed by atoms with Crippen LogP contribution in [0.5, 0.6) is 0 Å². The van der Waals surface area contributed by atoms with E-state index in [0.29, 0.717) is 15.9 Å². The minimum atomic E-state index is 0.585. The molecule has 1 aliphatic heterocycles. The zero-order valence-corrected chi connectivity index (χ0v) is 10.5. The van der Waals surface area contributed by atoms with Crippen LogP contribution in [-0.4, -0.2) is 20.5 Å². The summed E-state index contributed by atoms with van der Waals surface area (Å²) in [6.45, 7) is 0.915. The molecule has 0 radical (unpaired) electrons. The van der Waals surface area contributed by atoms with Gasteiger partial charge in [0.15, 0.2) is 11.0 Å². The second-order valence-corrected chi connectivity index (χ2v) is 5.32. The van der Waals surface area contributed by atoms with Gasteiger partial charge in [-0.2, -0.15) is 0 Å². The van der Waals surface area contributed by atoms with Gasteiger partial charge in [0.25, 0.3) is 0 Å². The van der Waals surface area contributed by atoms with Crippen LogP contribution in [0.3, 0.4) is 0 Å². The number of nitrogens with zero attached hydrogens (tertiary/aromatic N) is 3. The number of thioether (sulfide) groups is 1. The zero-order chi connectivity index (χ0) is 11.1. The summed E-state index contributed by atoms with van der Waals surface area (Å²) in [5, 5.41) is 6.57. The molecule has 82 valence electrons. The van der Waals surface area contributed by atoms with Crippen molar-refractivity contribution in [3.05, 3.63) is 28.2 Å². The van der Waals surface area contributed by atoms with Crippen LogP contribution in [0.2, 0.25) is 10.0 Å². The third-order valence-electron chi connectivity index (χ3n) is 2.34. The number of rotatable bonds is 1. The molecule has 2 aromatic rings. The highest BCUT2D eigenvalue weighted by atomic mass is 35.5. The molecule has 0 spiro atoms. The third kappa shape index (κ3) is 1.71. The fourth-order valence-electron chi connectivity index (χ4n) is 1.59. The van der Waals surface area contributed by atoms with Gasteiger partial charge in [0.05, 0.1) is 11.6 Å². The Morgan fingerprint density at radius 2 is 2.19 bits per heavy atom. The smallest absolute Gasteiger partial charge is 0.186 e. The average molecular weight is 272 g/mol. The first-order valence-corrected chi connectivity index (χ1v) is 6.51. The van der Waals surface area contributed by atoms with Crippen LogP contribution in [0.25, 0.3) is 11.4 Å². The Balaban J connectivity index is 2.08. The summed E-state index contributed by atoms with van der Waals surface area (Å²) in [5.74, 6) is 1.72. The molecule has 16 heavy (non-hydrogen) atoms. The SMILES string of the molecule is Clc1ccc(-c2nc3n(n2)CCS3)c(Cl)c1. The first-order chi connectivity index (χ1) is 7.74. The normalized spacial score (nSPS) is 14.1. The largest absolute Gasteiger partial charge is 0.239 e. The standard InChI is InChI=1S/C10H7Cl2N3S/c11-6-1-2-7(8(12)5-6)9-13-10-15(14-9)3-4-16-10/h1-2,5H,3-4H2. The van der Waals surface area contributed by atoms with Crippen LogP contribution in [0.15, 0.2) is 23.4 Å². The molecule has 0 N–H and O–H groups in total. The molecule has 0 unspecified atom stereocenters. The van der Waals surface area contributed by atoms with Crippen LogP contribution >= 0.6 is 35.0 Å². The quantitative estimate of drug-likeness (QED) is 0.797. The van der Waals surface area contributed by atoms with Crippen molar-refractivity contribution < 1.29 is 0 Å². The molecule has 3 nitrogen and oxygen atoms in total. The maximum absolute atomic E-state index is 6.11. The molecule has 0 amide bonds. The van der Waals surface area contributed by atoms with E-state index >= 15 is 0 Å². The van der Waals surface area contributed by atoms with Gasteiger partial charge in [-0.15, -0.1) is 5.10 Å². The molecule has 6 heteroatoms. The van der Waals surface area contributed by atoms with Crippen molar-refractivity contribution in [3.63, 3.8) is 0 Å². The molecule has 0 aliphatic carbocycles. The lowest BCUT2D eigenvalue weighted by molar-refractivity contribution is 0.626. The summed E-state index contributed by atoms with van der Waals surface area (Å²) >= 11 is 13.7. The summed E-state index contributed by atoms with van der Waals surface area (Å²) in [7, 11) is 0. The van der Waals surface area contributed by atoms with Crippen molar-refractivity contribution in [2.45, 2.75) is 11.7 Å². The Kier molecular flexibility index (Phi) is 2.58. The Hall–Kier alpha value is -0.710. The van der Waals surface area contributed by atoms with Crippen molar-refractivity contribution >= 4 is 35.0 Å². The van der Waals surface area contributed by atoms with Crippen molar-refractivity contribution in [1.82, 2.24) is 14.8 Å². The molecule has 0 bridgehead atoms. The Bertz CT molecular complexity index is 531. The first kappa shape index (κ1) is 10.4. The van der Waals surface area contributed by atoms with Crippen molar-refractivity contribution in [1.29, 1.82) is 0 Å². The highest BCUT2D eigenvalue weighted by Crippen LogP contribution is 2.31. The lowest BCUT2D eigenvalue weighted by Crippen LogP contribution is -1.95. The fraction of sp³-hybridized carbons (Fsp3) is 0.200. The highest BCUT2D eigenvalue weighted by Gasteiger charge is 2.18. The van der Waals surface area contributed by atoms with E-state index in [2.05, 4.69) is 10.1 Å². The van der Waals surface area contributed by atoms with E-state index in [1.54, 1.807) is 23.9 Å². The predicted molar refractivity (Wildman–Crippen MR) is 66.2 cm³/mol. The van der Waals surface area contributed by atoms with Gasteiger partial charge in [-0.1, -0.05) is 35.0 Å². The molecular weight excluding hydrogens is 265 g/mol. The summed E-state index contributed by atoms with van der Waals surface area (Å²) in [6.07, 6.45) is 0. The van der Waals surface area contributed by atoms with Crippen molar-refractivity contribution in [3.8, 4) is 11.4 Å². The van der Waals surface area contributed by atoms with Crippen LogP contribution in [0, 0.1) is 0 Å². The first-order valence-electron chi connectivity index (χ1n) is 4.77. The minimum Gasteiger partial charge on any atom is -0.239 e. The monoisotopic (exact) mass is 271 g/mol. The summed E-state index contributed by atoms with van der Waals surface area (Å²) in [4.78, 5) is 4.44. The van der Waals surface area contributed by atoms with Gasteiger partial charge in [-0.05, 0) is 18.2 Å². The summed E-state index contributed by atoms with van der Waals surface area (Å²) in [5.41, 5.74) is 0.827. The number of benzene rings is 1. The third-order valence-corrected chi connectivity index (χ3v) is 3.84. The molecule has 2 heterocycles. The van der Waals surface area contributed by atoms with E-state index in [0.717, 1.165) is 23.0 Å². The number of hydrogen-bond donors (Lipinski definition) is 0. The van der Waals surface area contributed by atoms with E-state index in [1.165, 1.54) is 0 Å². The van der Waals surface area contributed by atoms with E-state index in [1.807, 2.05) is 10.7 Å². The number of halogens is 2. The second kappa shape index (κ2) is 3.95. The van der Waals surface area contributed by atoms with Crippen molar-refractivity contribution in [2.75, 3.05) is 5.75 Å². The van der Waals surface area contributed by atoms with Gasteiger partial charge in [-0.25, -0.2) is 9.67 Å². The maximum Gasteiger partial charge on any atom is 0.186 e. The van der Waals surface area contributed by atoms with Crippen LogP contribution in [0.4, 0.5) is 0 Å². The van der Waals surface area contributed by atoms with E-state index in [4.69, 9.17) is 23.2 Å². The molecule has 0 atom stereocenters. The number of hydrogen-bond acceptors (Lipinski definition) is 3. The molecular formula is C10H7Cl2N3S. The van der Waals surface area contributed by atoms with Gasteiger partial charge < -0.3 is 0 Å². The molecule has 0 saturated carbocycles. The number of fused-ring (bicyclic) bond motifs is 1. The Morgan fingerprint density at radius 1 is 1.31 bits per heavy atom. The predicted octanol–water partition coefficient (Wildman–Crippen LogP) is 3.36. The summed E-state index contributed by atoms with van der Waals surface area (Å²) < 4.78 is 1.91. The Labute approximate surface area is 107 Å². The van der Waals surface area contributed by atoms with Gasteiger partial charge in [0.2, 0.25) is 0 Å². The summed E-state index contributed by atoms with van der Waals surface area (Å²) in [6, 6.07) is 5.35. The van der Waals surface area contributed by atoms with Gasteiger partial charge in [-0.3, -0.25) is 0 Å². The Morgan fingerprint density at radius 3 is 2.94 bits per heavy atom. The van der Waals surface area contributed by atoms with Crippen molar-refractivity contribution in [2.24, 2.45) is 0 Å². The molecule has 1 aliphatic rings. The van der Waals surface area contributed by atoms with Crippen LogP contribution < -0.4 is 0 Å². The molecule has 0 fully saturated rings. The van der Waals surface area contributed by atoms with Gasteiger partial charge >= 0.3 is 0 Å². The molecule has 3 rings (SSSR count). The van der Waals surface area contributed by atoms with Gasteiger partial charge in [0, 0.05) is 16.3 Å². The van der Waals surface area contributed by atoms with E-state index < -0.39 is 0 Å². The molecule has 1 aromatic carbocycles. The zero-order valence-electron chi connectivity index (χ0n) is 8.15. The van der Waals surface area contributed by atoms with Crippen LogP contribution in [0.1, 0.15) is 0 Å². The lowest BCUT2D eigenvalue weighted by Gasteiger charge is -1.99. The van der Waals surface area contributed by atoms with E-state index in [-0.39, 0.29) is 0 Å². The van der Waals surface area contributed by atoms with Crippen LogP contribution in [-0.2, 0) is 6.54 Å². The highest BCUT2D eigenvalue weighted by molar-refractivity contribution is 7.99. The van der Waals surface area contributed by atoms with Gasteiger partial charge in [0.1, 0.15) is 0 Å². The van der Waals surface area contributed by atoms with E-state index in [9.17, 15) is 0 Å². The maximum atomic E-state index is 6.11.